The minimum Gasteiger partial charge on any atom is -0.464 e. The minimum absolute atomic E-state index is 0.0915. The zero-order valence-corrected chi connectivity index (χ0v) is 19.8. The monoisotopic (exact) mass is 491 g/mol. The highest BCUT2D eigenvalue weighted by Gasteiger charge is 2.35. The number of rotatable bonds is 6. The van der Waals surface area contributed by atoms with Crippen molar-refractivity contribution in [1.82, 2.24) is 10.3 Å². The van der Waals surface area contributed by atoms with Gasteiger partial charge in [-0.25, -0.2) is 0 Å². The lowest BCUT2D eigenvalue weighted by Gasteiger charge is -2.36. The van der Waals surface area contributed by atoms with Crippen LogP contribution < -0.4 is 15.8 Å². The number of benzene rings is 1. The third-order valence-corrected chi connectivity index (χ3v) is 6.50. The van der Waals surface area contributed by atoms with Gasteiger partial charge in [0.1, 0.15) is 5.58 Å². The summed E-state index contributed by atoms with van der Waals surface area (Å²) in [6.07, 6.45) is -1.55. The fourth-order valence-electron chi connectivity index (χ4n) is 4.82. The Morgan fingerprint density at radius 3 is 2.60 bits per heavy atom. The maximum atomic E-state index is 13.6. The maximum absolute atomic E-state index is 13.6. The molecule has 0 spiro atoms. The Kier molecular flexibility index (Phi) is 6.93. The molecule has 0 unspecified atom stereocenters. The maximum Gasteiger partial charge on any atom is 0.417 e. The SMILES string of the molecule is CCN(c1cc2occc2c(C(=O)NCc2c(C(F)(F)F)cc(C)[nH]c2=O)c1C)C1CCOCC1. The van der Waals surface area contributed by atoms with E-state index in [1.807, 2.05) is 19.9 Å². The van der Waals surface area contributed by atoms with Crippen molar-refractivity contribution in [3.63, 3.8) is 0 Å². The standard InChI is InChI=1S/C25H28F3N3O4/c1-4-31(16-5-8-34-9-6-16)20-12-21-17(7-10-35-21)22(15(20)3)24(33)29-13-18-19(25(26,27)28)11-14(2)30-23(18)32/h7,10-12,16H,4-6,8-9,13H2,1-3H3,(H,29,33)(H,30,32). The third kappa shape index (κ3) is 4.93. The number of fused-ring (bicyclic) bond motifs is 1. The first kappa shape index (κ1) is 24.8. The molecule has 1 amide bonds. The van der Waals surface area contributed by atoms with Crippen molar-refractivity contribution >= 4 is 22.6 Å². The average Bonchev–Trinajstić information content (AvgIpc) is 3.27. The van der Waals surface area contributed by atoms with Crippen molar-refractivity contribution in [2.75, 3.05) is 24.7 Å². The first-order valence-corrected chi connectivity index (χ1v) is 11.5. The fourth-order valence-corrected chi connectivity index (χ4v) is 4.82. The number of halogens is 3. The second-order valence-electron chi connectivity index (χ2n) is 8.71. The molecule has 0 radical (unpaired) electrons. The van der Waals surface area contributed by atoms with Gasteiger partial charge in [0.25, 0.3) is 11.5 Å². The van der Waals surface area contributed by atoms with Gasteiger partial charge in [0.15, 0.2) is 0 Å². The summed E-state index contributed by atoms with van der Waals surface area (Å²) in [6.45, 7) is 6.67. The summed E-state index contributed by atoms with van der Waals surface area (Å²) in [6, 6.07) is 4.66. The number of hydrogen-bond donors (Lipinski definition) is 2. The van der Waals surface area contributed by atoms with Crippen LogP contribution in [0.2, 0.25) is 0 Å². The molecule has 10 heteroatoms. The van der Waals surface area contributed by atoms with E-state index in [9.17, 15) is 22.8 Å². The Balaban J connectivity index is 1.70. The number of ether oxygens (including phenoxy) is 1. The van der Waals surface area contributed by atoms with E-state index in [2.05, 4.69) is 15.2 Å². The zero-order valence-electron chi connectivity index (χ0n) is 19.8. The number of aromatic nitrogens is 1. The third-order valence-electron chi connectivity index (χ3n) is 6.50. The number of pyridine rings is 1. The highest BCUT2D eigenvalue weighted by atomic mass is 19.4. The molecule has 0 atom stereocenters. The number of carbonyl (C=O) groups is 1. The summed E-state index contributed by atoms with van der Waals surface area (Å²) in [5, 5.41) is 3.09. The summed E-state index contributed by atoms with van der Waals surface area (Å²) in [5.41, 5.74) is -0.0446. The summed E-state index contributed by atoms with van der Waals surface area (Å²) in [5.74, 6) is -0.577. The Hall–Kier alpha value is -3.27. The molecule has 2 aromatic heterocycles. The number of aryl methyl sites for hydroxylation is 1. The molecule has 7 nitrogen and oxygen atoms in total. The average molecular weight is 492 g/mol. The lowest BCUT2D eigenvalue weighted by molar-refractivity contribution is -0.138. The second kappa shape index (κ2) is 9.77. The van der Waals surface area contributed by atoms with Crippen LogP contribution in [0.4, 0.5) is 18.9 Å². The second-order valence-corrected chi connectivity index (χ2v) is 8.71. The zero-order chi connectivity index (χ0) is 25.3. The summed E-state index contributed by atoms with van der Waals surface area (Å²) in [4.78, 5) is 30.3. The van der Waals surface area contributed by atoms with Crippen LogP contribution in [0.25, 0.3) is 11.0 Å². The first-order chi connectivity index (χ1) is 16.6. The van der Waals surface area contributed by atoms with Crippen molar-refractivity contribution in [3.8, 4) is 0 Å². The number of carbonyl (C=O) groups excluding carboxylic acids is 1. The van der Waals surface area contributed by atoms with Crippen molar-refractivity contribution in [2.24, 2.45) is 0 Å². The van der Waals surface area contributed by atoms with Gasteiger partial charge in [-0.3, -0.25) is 9.59 Å². The number of H-pyrrole nitrogens is 1. The molecule has 1 aliphatic rings. The number of nitrogens with zero attached hydrogens (tertiary/aromatic N) is 1. The van der Waals surface area contributed by atoms with Crippen LogP contribution >= 0.6 is 0 Å². The Morgan fingerprint density at radius 1 is 1.23 bits per heavy atom. The van der Waals surface area contributed by atoms with Crippen LogP contribution in [0.1, 0.15) is 52.5 Å². The fraction of sp³-hybridized carbons (Fsp3) is 0.440. The van der Waals surface area contributed by atoms with E-state index in [1.165, 1.54) is 13.2 Å². The van der Waals surface area contributed by atoms with Gasteiger partial charge in [-0.1, -0.05) is 0 Å². The first-order valence-electron chi connectivity index (χ1n) is 11.5. The van der Waals surface area contributed by atoms with E-state index in [0.29, 0.717) is 41.9 Å². The van der Waals surface area contributed by atoms with Gasteiger partial charge in [-0.15, -0.1) is 0 Å². The predicted octanol–water partition coefficient (Wildman–Crippen LogP) is 4.69. The largest absolute Gasteiger partial charge is 0.464 e. The predicted molar refractivity (Wildman–Crippen MR) is 126 cm³/mol. The molecule has 1 aromatic carbocycles. The molecule has 0 aliphatic carbocycles. The number of nitrogens with one attached hydrogen (secondary N) is 2. The molecule has 188 valence electrons. The molecule has 35 heavy (non-hydrogen) atoms. The highest BCUT2D eigenvalue weighted by Crippen LogP contribution is 2.35. The summed E-state index contributed by atoms with van der Waals surface area (Å²) in [7, 11) is 0. The van der Waals surface area contributed by atoms with Crippen molar-refractivity contribution < 1.29 is 27.1 Å². The highest BCUT2D eigenvalue weighted by molar-refractivity contribution is 6.09. The number of anilines is 1. The topological polar surface area (TPSA) is 87.6 Å². The normalized spacial score (nSPS) is 14.9. The van der Waals surface area contributed by atoms with E-state index in [0.717, 1.165) is 24.6 Å². The Morgan fingerprint density at radius 2 is 1.94 bits per heavy atom. The number of alkyl halides is 3. The van der Waals surface area contributed by atoms with Gasteiger partial charge in [0.2, 0.25) is 0 Å². The Labute approximate surface area is 200 Å². The molecule has 1 fully saturated rings. The lowest BCUT2D eigenvalue weighted by Crippen LogP contribution is -2.40. The number of hydrogen-bond acceptors (Lipinski definition) is 5. The van der Waals surface area contributed by atoms with E-state index in [4.69, 9.17) is 9.15 Å². The minimum atomic E-state index is -4.72. The molecule has 1 saturated heterocycles. The molecule has 0 bridgehead atoms. The van der Waals surface area contributed by atoms with Gasteiger partial charge < -0.3 is 24.4 Å². The molecule has 1 aliphatic heterocycles. The summed E-state index contributed by atoms with van der Waals surface area (Å²) < 4.78 is 51.8. The van der Waals surface area contributed by atoms with E-state index in [1.54, 1.807) is 6.07 Å². The van der Waals surface area contributed by atoms with Gasteiger partial charge in [0.05, 0.1) is 17.4 Å². The van der Waals surface area contributed by atoms with Crippen LogP contribution in [0.5, 0.6) is 0 Å². The van der Waals surface area contributed by atoms with E-state index < -0.39 is 35.3 Å². The van der Waals surface area contributed by atoms with Gasteiger partial charge in [0, 0.05) is 60.7 Å². The number of aromatic amines is 1. The molecule has 4 rings (SSSR count). The van der Waals surface area contributed by atoms with Crippen LogP contribution in [-0.2, 0) is 17.5 Å². The number of furan rings is 1. The van der Waals surface area contributed by atoms with Crippen molar-refractivity contribution in [3.05, 3.63) is 62.8 Å². The molecular formula is C25H28F3N3O4. The van der Waals surface area contributed by atoms with E-state index >= 15 is 0 Å². The van der Waals surface area contributed by atoms with E-state index in [-0.39, 0.29) is 11.7 Å². The van der Waals surface area contributed by atoms with Crippen LogP contribution in [0, 0.1) is 13.8 Å². The van der Waals surface area contributed by atoms with Gasteiger partial charge >= 0.3 is 6.18 Å². The van der Waals surface area contributed by atoms with Gasteiger partial charge in [-0.05, 0) is 51.3 Å². The summed E-state index contributed by atoms with van der Waals surface area (Å²) >= 11 is 0. The molecule has 3 aromatic rings. The molecule has 0 saturated carbocycles. The van der Waals surface area contributed by atoms with Crippen molar-refractivity contribution in [2.45, 2.75) is 52.4 Å². The van der Waals surface area contributed by atoms with Crippen LogP contribution in [0.15, 0.2) is 33.7 Å². The smallest absolute Gasteiger partial charge is 0.417 e. The molecule has 2 N–H and O–H groups in total. The van der Waals surface area contributed by atoms with Crippen molar-refractivity contribution in [1.29, 1.82) is 0 Å². The molecule has 3 heterocycles. The van der Waals surface area contributed by atoms with Crippen LogP contribution in [0.3, 0.4) is 0 Å². The quantitative estimate of drug-likeness (QED) is 0.522. The Bertz CT molecular complexity index is 1290. The van der Waals surface area contributed by atoms with Gasteiger partial charge in [-0.2, -0.15) is 13.2 Å². The van der Waals surface area contributed by atoms with Crippen LogP contribution in [-0.4, -0.2) is 36.7 Å². The lowest BCUT2D eigenvalue weighted by atomic mass is 9.98. The number of amides is 1. The molecular weight excluding hydrogens is 463 g/mol.